The number of anilines is 1. The van der Waals surface area contributed by atoms with Gasteiger partial charge in [-0.3, -0.25) is 14.8 Å². The lowest BCUT2D eigenvalue weighted by Gasteiger charge is -2.34. The third-order valence-electron chi connectivity index (χ3n) is 6.39. The summed E-state index contributed by atoms with van der Waals surface area (Å²) in [6.45, 7) is 4.14. The maximum absolute atomic E-state index is 12.4. The predicted octanol–water partition coefficient (Wildman–Crippen LogP) is 4.91. The van der Waals surface area contributed by atoms with E-state index in [1.807, 2.05) is 66.7 Å². The number of likely N-dealkylation sites (N-methyl/N-ethyl adjacent to an activating group) is 1. The van der Waals surface area contributed by atoms with Crippen molar-refractivity contribution in [3.63, 3.8) is 0 Å². The zero-order valence-electron chi connectivity index (χ0n) is 19.7. The molecule has 0 amide bonds. The van der Waals surface area contributed by atoms with Crippen molar-refractivity contribution >= 4 is 40.5 Å². The summed E-state index contributed by atoms with van der Waals surface area (Å²) in [5.41, 5.74) is 4.13. The highest BCUT2D eigenvalue weighted by atomic mass is 16.3. The number of piperazine rings is 1. The predicted molar refractivity (Wildman–Crippen MR) is 145 cm³/mol. The molecule has 6 nitrogen and oxygen atoms in total. The summed E-state index contributed by atoms with van der Waals surface area (Å²) in [5.74, 6) is -0.190. The van der Waals surface area contributed by atoms with Crippen LogP contribution in [0.5, 0.6) is 5.88 Å². The van der Waals surface area contributed by atoms with Gasteiger partial charge in [0, 0.05) is 48.9 Å². The Morgan fingerprint density at radius 2 is 1.57 bits per heavy atom. The van der Waals surface area contributed by atoms with E-state index in [0.29, 0.717) is 16.3 Å². The number of benzene rings is 3. The van der Waals surface area contributed by atoms with E-state index in [4.69, 9.17) is 0 Å². The molecule has 176 valence electrons. The molecule has 1 saturated heterocycles. The summed E-state index contributed by atoms with van der Waals surface area (Å²) in [6.07, 6.45) is 5.62. The Morgan fingerprint density at radius 1 is 0.857 bits per heavy atom. The number of nitrogens with one attached hydrogen (secondary N) is 1. The molecular weight excluding hydrogens is 436 g/mol. The van der Waals surface area contributed by atoms with Gasteiger partial charge in [-0.2, -0.15) is 0 Å². The van der Waals surface area contributed by atoms with Crippen LogP contribution in [0.15, 0.2) is 82.6 Å². The van der Waals surface area contributed by atoms with Gasteiger partial charge < -0.3 is 14.9 Å². The SMILES string of the molecule is CN1CCN(c2ccc(N=Cc3c(O)[nH]c(=O)c4ccc(C=Cc5ccccc5)cc34)cc2)CC1. The summed E-state index contributed by atoms with van der Waals surface area (Å²) in [6, 6.07) is 23.7. The topological polar surface area (TPSA) is 71.9 Å². The molecule has 6 heteroatoms. The van der Waals surface area contributed by atoms with E-state index in [1.54, 1.807) is 12.3 Å². The summed E-state index contributed by atoms with van der Waals surface area (Å²) in [5, 5.41) is 11.7. The van der Waals surface area contributed by atoms with Crippen molar-refractivity contribution in [2.24, 2.45) is 4.99 Å². The molecule has 3 aromatic carbocycles. The van der Waals surface area contributed by atoms with Crippen LogP contribution in [-0.4, -0.2) is 54.4 Å². The van der Waals surface area contributed by atoms with E-state index in [0.717, 1.165) is 43.0 Å². The average Bonchev–Trinajstić information content (AvgIpc) is 2.89. The Balaban J connectivity index is 1.43. The molecule has 0 radical (unpaired) electrons. The molecule has 0 spiro atoms. The second-order valence-corrected chi connectivity index (χ2v) is 8.83. The number of rotatable bonds is 5. The number of aromatic hydroxyl groups is 1. The molecule has 5 rings (SSSR count). The minimum atomic E-state index is -0.329. The molecule has 0 atom stereocenters. The molecule has 0 bridgehead atoms. The van der Waals surface area contributed by atoms with Crippen molar-refractivity contribution in [2.75, 3.05) is 38.1 Å². The highest BCUT2D eigenvalue weighted by Gasteiger charge is 2.14. The normalized spacial score (nSPS) is 14.9. The Morgan fingerprint density at radius 3 is 2.31 bits per heavy atom. The number of hydrogen-bond donors (Lipinski definition) is 2. The lowest BCUT2D eigenvalue weighted by molar-refractivity contribution is 0.313. The molecule has 1 aliphatic rings. The van der Waals surface area contributed by atoms with Crippen LogP contribution < -0.4 is 10.5 Å². The third kappa shape index (κ3) is 5.18. The maximum Gasteiger partial charge on any atom is 0.258 e. The first-order chi connectivity index (χ1) is 17.1. The number of nitrogens with zero attached hydrogens (tertiary/aromatic N) is 3. The molecule has 4 aromatic rings. The van der Waals surface area contributed by atoms with Crippen molar-refractivity contribution in [1.82, 2.24) is 9.88 Å². The van der Waals surface area contributed by atoms with Gasteiger partial charge in [-0.25, -0.2) is 0 Å². The zero-order valence-corrected chi connectivity index (χ0v) is 19.7. The summed E-state index contributed by atoms with van der Waals surface area (Å²) >= 11 is 0. The number of aromatic nitrogens is 1. The summed E-state index contributed by atoms with van der Waals surface area (Å²) < 4.78 is 0. The van der Waals surface area contributed by atoms with Crippen LogP contribution in [0.4, 0.5) is 11.4 Å². The van der Waals surface area contributed by atoms with Gasteiger partial charge in [-0.15, -0.1) is 0 Å². The highest BCUT2D eigenvalue weighted by molar-refractivity contribution is 6.02. The number of aromatic amines is 1. The van der Waals surface area contributed by atoms with Crippen LogP contribution in [0.1, 0.15) is 16.7 Å². The van der Waals surface area contributed by atoms with E-state index in [9.17, 15) is 9.90 Å². The van der Waals surface area contributed by atoms with E-state index in [2.05, 4.69) is 39.0 Å². The molecule has 1 aliphatic heterocycles. The Hall–Kier alpha value is -4.16. The van der Waals surface area contributed by atoms with Crippen molar-refractivity contribution in [2.45, 2.75) is 0 Å². The minimum absolute atomic E-state index is 0.190. The van der Waals surface area contributed by atoms with Gasteiger partial charge in [0.25, 0.3) is 5.56 Å². The first-order valence-electron chi connectivity index (χ1n) is 11.8. The lowest BCUT2D eigenvalue weighted by atomic mass is 10.0. The average molecular weight is 465 g/mol. The van der Waals surface area contributed by atoms with Crippen LogP contribution in [0.2, 0.25) is 0 Å². The largest absolute Gasteiger partial charge is 0.494 e. The standard InChI is InChI=1S/C29H28N4O2/c1-32-15-17-33(18-16-32)24-12-10-23(11-13-24)30-20-27-26-19-22(8-7-21-5-3-2-4-6-21)9-14-25(26)28(34)31-29(27)35/h2-14,19-20H,15-18H2,1H3,(H2,31,34,35). The molecule has 2 heterocycles. The van der Waals surface area contributed by atoms with Crippen molar-refractivity contribution in [1.29, 1.82) is 0 Å². The van der Waals surface area contributed by atoms with Crippen LogP contribution in [0.3, 0.4) is 0 Å². The van der Waals surface area contributed by atoms with Crippen LogP contribution in [0.25, 0.3) is 22.9 Å². The van der Waals surface area contributed by atoms with Gasteiger partial charge in [-0.05, 0) is 54.6 Å². The molecular formula is C29H28N4O2. The Labute approximate surface area is 204 Å². The quantitative estimate of drug-likeness (QED) is 0.325. The zero-order chi connectivity index (χ0) is 24.2. The van der Waals surface area contributed by atoms with Gasteiger partial charge in [-0.1, -0.05) is 48.6 Å². The fourth-order valence-corrected chi connectivity index (χ4v) is 4.30. The van der Waals surface area contributed by atoms with Gasteiger partial charge in [0.1, 0.15) is 0 Å². The van der Waals surface area contributed by atoms with Crippen LogP contribution >= 0.6 is 0 Å². The van der Waals surface area contributed by atoms with Crippen LogP contribution in [0, 0.1) is 0 Å². The van der Waals surface area contributed by atoms with E-state index >= 15 is 0 Å². The number of pyridine rings is 1. The van der Waals surface area contributed by atoms with Crippen LogP contribution in [-0.2, 0) is 0 Å². The summed E-state index contributed by atoms with van der Waals surface area (Å²) in [7, 11) is 2.15. The van der Waals surface area contributed by atoms with Gasteiger partial charge >= 0.3 is 0 Å². The second kappa shape index (κ2) is 9.99. The van der Waals surface area contributed by atoms with E-state index in [1.165, 1.54) is 5.69 Å². The monoisotopic (exact) mass is 464 g/mol. The number of aliphatic imine (C=N–C) groups is 1. The lowest BCUT2D eigenvalue weighted by Crippen LogP contribution is -2.44. The van der Waals surface area contributed by atoms with Crippen molar-refractivity contribution < 1.29 is 5.11 Å². The minimum Gasteiger partial charge on any atom is -0.494 e. The fourth-order valence-electron chi connectivity index (χ4n) is 4.30. The molecule has 0 aliphatic carbocycles. The Kier molecular flexibility index (Phi) is 6.46. The van der Waals surface area contributed by atoms with E-state index < -0.39 is 0 Å². The molecule has 2 N–H and O–H groups in total. The molecule has 0 saturated carbocycles. The third-order valence-corrected chi connectivity index (χ3v) is 6.39. The number of hydrogen-bond acceptors (Lipinski definition) is 5. The Bertz CT molecular complexity index is 1430. The molecule has 35 heavy (non-hydrogen) atoms. The van der Waals surface area contributed by atoms with Gasteiger partial charge in [0.05, 0.1) is 11.3 Å². The second-order valence-electron chi connectivity index (χ2n) is 8.83. The first-order valence-corrected chi connectivity index (χ1v) is 11.8. The molecule has 1 fully saturated rings. The fraction of sp³-hybridized carbons (Fsp3) is 0.172. The number of H-pyrrole nitrogens is 1. The number of fused-ring (bicyclic) bond motifs is 1. The molecule has 0 unspecified atom stereocenters. The first kappa shape index (κ1) is 22.6. The van der Waals surface area contributed by atoms with Gasteiger partial charge in [0.15, 0.2) is 0 Å². The maximum atomic E-state index is 12.4. The van der Waals surface area contributed by atoms with Crippen molar-refractivity contribution in [3.05, 3.63) is 99.8 Å². The van der Waals surface area contributed by atoms with Gasteiger partial charge in [0.2, 0.25) is 5.88 Å². The summed E-state index contributed by atoms with van der Waals surface area (Å²) in [4.78, 5) is 24.3. The molecule has 1 aromatic heterocycles. The smallest absolute Gasteiger partial charge is 0.258 e. The van der Waals surface area contributed by atoms with E-state index in [-0.39, 0.29) is 11.4 Å². The van der Waals surface area contributed by atoms with Crippen molar-refractivity contribution in [3.8, 4) is 5.88 Å². The highest BCUT2D eigenvalue weighted by Crippen LogP contribution is 2.25.